The van der Waals surface area contributed by atoms with E-state index in [1.54, 1.807) is 0 Å². The van der Waals surface area contributed by atoms with E-state index in [1.807, 2.05) is 4.98 Å². The molecule has 0 aliphatic carbocycles. The maximum absolute atomic E-state index is 11.9. The van der Waals surface area contributed by atoms with Crippen LogP contribution in [0.5, 0.6) is 0 Å². The van der Waals surface area contributed by atoms with Gasteiger partial charge in [-0.3, -0.25) is 14.3 Å². The maximum atomic E-state index is 11.9. The minimum atomic E-state index is -1.85. The molecule has 0 saturated carbocycles. The van der Waals surface area contributed by atoms with Crippen LogP contribution in [-0.2, 0) is 20.0 Å². The van der Waals surface area contributed by atoms with Crippen LogP contribution in [0, 0.1) is 0 Å². The van der Waals surface area contributed by atoms with Gasteiger partial charge in [-0.2, -0.15) is 0 Å². The van der Waals surface area contributed by atoms with E-state index in [1.165, 1.54) is 13.8 Å². The third kappa shape index (κ3) is 2.09. The molecule has 1 aliphatic rings. The maximum Gasteiger partial charge on any atom is 0.340 e. The van der Waals surface area contributed by atoms with Crippen molar-refractivity contribution in [3.05, 3.63) is 33.1 Å². The van der Waals surface area contributed by atoms with Crippen LogP contribution < -0.4 is 11.2 Å². The highest BCUT2D eigenvalue weighted by Crippen LogP contribution is 2.41. The van der Waals surface area contributed by atoms with Crippen LogP contribution in [0.15, 0.2) is 21.9 Å². The lowest BCUT2D eigenvalue weighted by molar-refractivity contribution is -0.194. The van der Waals surface area contributed by atoms with Crippen LogP contribution >= 0.6 is 0 Å². The normalized spacial score (nSPS) is 35.7. The van der Waals surface area contributed by atoms with E-state index < -0.39 is 40.8 Å². The molecule has 0 radical (unpaired) electrons. The zero-order valence-electron chi connectivity index (χ0n) is 11.7. The van der Waals surface area contributed by atoms with Gasteiger partial charge in [-0.05, 0) is 13.8 Å². The van der Waals surface area contributed by atoms with E-state index in [4.69, 9.17) is 4.74 Å². The third-order valence-electron chi connectivity index (χ3n) is 3.72. The zero-order chi connectivity index (χ0) is 16.0. The Hall–Kier alpha value is -1.97. The van der Waals surface area contributed by atoms with Crippen molar-refractivity contribution in [1.82, 2.24) is 9.55 Å². The minimum absolute atomic E-state index is 0.622. The average Bonchev–Trinajstić information content (AvgIpc) is 2.60. The summed E-state index contributed by atoms with van der Waals surface area (Å²) in [5, 5.41) is 20.3. The Bertz CT molecular complexity index is 681. The Morgan fingerprint density at radius 1 is 1.38 bits per heavy atom. The molecule has 1 aliphatic heterocycles. The first kappa shape index (κ1) is 15.4. The summed E-state index contributed by atoms with van der Waals surface area (Å²) in [5.41, 5.74) is -5.06. The summed E-state index contributed by atoms with van der Waals surface area (Å²) in [6.45, 7) is 2.56. The number of carbonyl (C=O) groups is 1. The molecule has 1 saturated heterocycles. The number of hydrogen-bond acceptors (Lipinski definition) is 7. The van der Waals surface area contributed by atoms with Crippen LogP contribution in [-0.4, -0.2) is 50.7 Å². The molecule has 0 unspecified atom stereocenters. The zero-order valence-corrected chi connectivity index (χ0v) is 11.7. The summed E-state index contributed by atoms with van der Waals surface area (Å²) in [6.07, 6.45) is -2.10. The largest absolute Gasteiger partial charge is 0.467 e. The lowest BCUT2D eigenvalue weighted by atomic mass is 9.95. The molecule has 4 atom stereocenters. The predicted molar refractivity (Wildman–Crippen MR) is 68.5 cm³/mol. The van der Waals surface area contributed by atoms with E-state index in [0.717, 1.165) is 23.9 Å². The third-order valence-corrected chi connectivity index (χ3v) is 3.72. The Kier molecular flexibility index (Phi) is 3.52. The molecular weight excluding hydrogens is 284 g/mol. The number of aromatic amines is 1. The van der Waals surface area contributed by atoms with Crippen molar-refractivity contribution < 1.29 is 24.5 Å². The number of methoxy groups -OCH3 is 1. The average molecular weight is 300 g/mol. The summed E-state index contributed by atoms with van der Waals surface area (Å²) >= 11 is 0. The number of nitrogens with zero attached hydrogens (tertiary/aromatic N) is 1. The SMILES string of the molecule is COC(=O)[C@@]1(C)O[C@@](C)(n2ccc(=O)[nH]c2=O)[C@H](O)[C@@H]1O. The number of rotatable bonds is 2. The molecule has 3 N–H and O–H groups in total. The molecule has 116 valence electrons. The number of aliphatic hydroxyl groups excluding tert-OH is 2. The Morgan fingerprint density at radius 2 is 2.00 bits per heavy atom. The topological polar surface area (TPSA) is 131 Å². The fourth-order valence-electron chi connectivity index (χ4n) is 2.47. The molecule has 9 heteroatoms. The fraction of sp³-hybridized carbons (Fsp3) is 0.583. The summed E-state index contributed by atoms with van der Waals surface area (Å²) in [7, 11) is 1.11. The lowest BCUT2D eigenvalue weighted by Crippen LogP contribution is -2.49. The van der Waals surface area contributed by atoms with Crippen molar-refractivity contribution in [3.63, 3.8) is 0 Å². The number of ether oxygens (including phenoxy) is 2. The number of aromatic nitrogens is 2. The number of esters is 1. The van der Waals surface area contributed by atoms with Crippen molar-refractivity contribution >= 4 is 5.97 Å². The van der Waals surface area contributed by atoms with Gasteiger partial charge in [0.1, 0.15) is 12.2 Å². The molecule has 0 spiro atoms. The van der Waals surface area contributed by atoms with Gasteiger partial charge in [-0.25, -0.2) is 9.59 Å². The van der Waals surface area contributed by atoms with E-state index in [9.17, 15) is 24.6 Å². The minimum Gasteiger partial charge on any atom is -0.467 e. The second kappa shape index (κ2) is 4.79. The van der Waals surface area contributed by atoms with E-state index in [-0.39, 0.29) is 0 Å². The second-order valence-electron chi connectivity index (χ2n) is 5.13. The summed E-state index contributed by atoms with van der Waals surface area (Å²) < 4.78 is 10.9. The standard InChI is InChI=1S/C12H16N2O7/c1-11(9(18)20-3)7(16)8(17)12(2,21-11)14-5-4-6(15)13-10(14)19/h4-5,7-8,16-17H,1-3H3,(H,13,15,19)/t7-,8+,11-,12+/m0/s1. The second-order valence-corrected chi connectivity index (χ2v) is 5.13. The molecule has 1 aromatic rings. The van der Waals surface area contributed by atoms with Gasteiger partial charge < -0.3 is 19.7 Å². The quantitative estimate of drug-likeness (QED) is 0.533. The molecule has 0 amide bonds. The first-order valence-corrected chi connectivity index (χ1v) is 6.14. The number of carbonyl (C=O) groups excluding carboxylic acids is 1. The smallest absolute Gasteiger partial charge is 0.340 e. The summed E-state index contributed by atoms with van der Waals surface area (Å²) in [4.78, 5) is 36.7. The van der Waals surface area contributed by atoms with Gasteiger partial charge in [0.05, 0.1) is 7.11 Å². The van der Waals surface area contributed by atoms with Gasteiger partial charge in [0, 0.05) is 12.3 Å². The molecule has 0 aromatic carbocycles. The molecule has 1 fully saturated rings. The summed E-state index contributed by atoms with van der Waals surface area (Å²) in [6, 6.07) is 1.06. The van der Waals surface area contributed by atoms with Gasteiger partial charge in [0.15, 0.2) is 11.3 Å². The van der Waals surface area contributed by atoms with Gasteiger partial charge in [0.25, 0.3) is 5.56 Å². The lowest BCUT2D eigenvalue weighted by Gasteiger charge is -2.30. The molecule has 9 nitrogen and oxygen atoms in total. The van der Waals surface area contributed by atoms with Crippen LogP contribution in [0.3, 0.4) is 0 Å². The number of H-pyrrole nitrogens is 1. The van der Waals surface area contributed by atoms with Crippen LogP contribution in [0.1, 0.15) is 13.8 Å². The van der Waals surface area contributed by atoms with E-state index >= 15 is 0 Å². The van der Waals surface area contributed by atoms with Gasteiger partial charge in [0.2, 0.25) is 0 Å². The first-order chi connectivity index (χ1) is 9.66. The fourth-order valence-corrected chi connectivity index (χ4v) is 2.47. The number of nitrogens with one attached hydrogen (secondary N) is 1. The van der Waals surface area contributed by atoms with E-state index in [2.05, 4.69) is 4.74 Å². The van der Waals surface area contributed by atoms with Crippen molar-refractivity contribution in [2.24, 2.45) is 0 Å². The summed E-state index contributed by atoms with van der Waals surface area (Å²) in [5.74, 6) is -0.893. The highest BCUT2D eigenvalue weighted by Gasteiger charge is 2.63. The van der Waals surface area contributed by atoms with E-state index in [0.29, 0.717) is 0 Å². The molecule has 2 rings (SSSR count). The number of aliphatic hydroxyl groups is 2. The predicted octanol–water partition coefficient (Wildman–Crippen LogP) is -2.11. The molecule has 0 bridgehead atoms. The monoisotopic (exact) mass is 300 g/mol. The van der Waals surface area contributed by atoms with Crippen molar-refractivity contribution in [2.75, 3.05) is 7.11 Å². The van der Waals surface area contributed by atoms with Crippen molar-refractivity contribution in [1.29, 1.82) is 0 Å². The Labute approximate surface area is 118 Å². The van der Waals surface area contributed by atoms with Gasteiger partial charge in [-0.1, -0.05) is 0 Å². The van der Waals surface area contributed by atoms with Gasteiger partial charge >= 0.3 is 11.7 Å². The van der Waals surface area contributed by atoms with Crippen molar-refractivity contribution in [3.8, 4) is 0 Å². The Morgan fingerprint density at radius 3 is 2.52 bits per heavy atom. The molecule has 1 aromatic heterocycles. The number of hydrogen-bond donors (Lipinski definition) is 3. The van der Waals surface area contributed by atoms with Crippen LogP contribution in [0.4, 0.5) is 0 Å². The van der Waals surface area contributed by atoms with Gasteiger partial charge in [-0.15, -0.1) is 0 Å². The molecule has 2 heterocycles. The van der Waals surface area contributed by atoms with Crippen LogP contribution in [0.25, 0.3) is 0 Å². The van der Waals surface area contributed by atoms with Crippen molar-refractivity contribution in [2.45, 2.75) is 37.4 Å². The molecular formula is C12H16N2O7. The Balaban J connectivity index is 2.56. The molecule has 21 heavy (non-hydrogen) atoms. The van der Waals surface area contributed by atoms with Crippen LogP contribution in [0.2, 0.25) is 0 Å². The highest BCUT2D eigenvalue weighted by molar-refractivity contribution is 5.80. The first-order valence-electron chi connectivity index (χ1n) is 6.14. The highest BCUT2D eigenvalue weighted by atomic mass is 16.6.